The second-order valence-corrected chi connectivity index (χ2v) is 16.6. The Kier molecular flexibility index (Phi) is 21.7. The van der Waals surface area contributed by atoms with E-state index in [1.807, 2.05) is 0 Å². The number of rotatable bonds is 23. The maximum atomic E-state index is 13.1. The number of nitrogens with zero attached hydrogens (tertiary/aromatic N) is 3. The van der Waals surface area contributed by atoms with Crippen molar-refractivity contribution in [3.05, 3.63) is 0 Å². The van der Waals surface area contributed by atoms with Crippen LogP contribution in [0.3, 0.4) is 0 Å². The number of carbonyl (C=O) groups excluding carboxylic acids is 5. The van der Waals surface area contributed by atoms with Gasteiger partial charge in [0.2, 0.25) is 5.91 Å². The third kappa shape index (κ3) is 29.7. The summed E-state index contributed by atoms with van der Waals surface area (Å²) in [5.41, 5.74) is -2.98. The number of aliphatic hydroxyl groups excluding tert-OH is 1. The number of hydrogen-bond acceptors (Lipinski definition) is 15. The molecule has 2 N–H and O–H groups in total. The molecule has 0 rings (SSSR count). The fourth-order valence-corrected chi connectivity index (χ4v) is 4.40. The fraction of sp³-hybridized carbons (Fsp3) is 0.861. The molecule has 1 atom stereocenters. The Labute approximate surface area is 311 Å². The normalized spacial score (nSPS) is 13.2. The summed E-state index contributed by atoms with van der Waals surface area (Å²) < 4.78 is 32.2. The van der Waals surface area contributed by atoms with Gasteiger partial charge in [-0.3, -0.25) is 38.7 Å². The Hall–Kier alpha value is -2.89. The lowest BCUT2D eigenvalue weighted by atomic mass is 10.2. The van der Waals surface area contributed by atoms with Crippen molar-refractivity contribution in [3.63, 3.8) is 0 Å². The van der Waals surface area contributed by atoms with Crippen molar-refractivity contribution in [2.45, 2.75) is 112 Å². The molecule has 0 radical (unpaired) electrons. The fourth-order valence-electron chi connectivity index (χ4n) is 4.40. The van der Waals surface area contributed by atoms with Gasteiger partial charge in [-0.15, -0.1) is 0 Å². The van der Waals surface area contributed by atoms with Crippen molar-refractivity contribution >= 4 is 29.8 Å². The Morgan fingerprint density at radius 1 is 0.538 bits per heavy atom. The molecule has 52 heavy (non-hydrogen) atoms. The van der Waals surface area contributed by atoms with E-state index in [1.54, 1.807) is 97.8 Å². The van der Waals surface area contributed by atoms with E-state index < -0.39 is 58.3 Å². The van der Waals surface area contributed by atoms with E-state index in [0.717, 1.165) is 0 Å². The van der Waals surface area contributed by atoms with Gasteiger partial charge in [-0.1, -0.05) is 0 Å². The number of ether oxygens (including phenoxy) is 6. The van der Waals surface area contributed by atoms with E-state index in [9.17, 15) is 29.1 Å². The zero-order chi connectivity index (χ0) is 40.3. The monoisotopic (exact) mass is 748 g/mol. The van der Waals surface area contributed by atoms with Gasteiger partial charge in [-0.25, -0.2) is 0 Å². The van der Waals surface area contributed by atoms with Crippen LogP contribution in [0.25, 0.3) is 0 Å². The zero-order valence-corrected chi connectivity index (χ0v) is 34.0. The third-order valence-corrected chi connectivity index (χ3v) is 6.20. The van der Waals surface area contributed by atoms with Gasteiger partial charge in [0.25, 0.3) is 0 Å². The van der Waals surface area contributed by atoms with Gasteiger partial charge in [-0.05, 0) is 83.1 Å². The number of carbonyl (C=O) groups is 5. The molecule has 0 fully saturated rings. The third-order valence-electron chi connectivity index (χ3n) is 6.20. The van der Waals surface area contributed by atoms with Crippen LogP contribution in [0.15, 0.2) is 0 Å². The topological polar surface area (TPSA) is 183 Å². The molecule has 0 spiro atoms. The SMILES string of the molecule is COCCOCC(O)CNC(=O)CN(CCN(CC(=O)OC(C)(C)C)CC(=O)OC(C)(C)C)CCN(CC(=O)OC(C)(C)C)CC(=O)OC(C)(C)C. The molecule has 0 aliphatic carbocycles. The maximum absolute atomic E-state index is 13.1. The minimum atomic E-state index is -0.953. The first kappa shape index (κ1) is 49.1. The van der Waals surface area contributed by atoms with Crippen molar-refractivity contribution in [2.75, 3.05) is 92.4 Å². The molecule has 0 saturated heterocycles. The van der Waals surface area contributed by atoms with Gasteiger partial charge in [0.15, 0.2) is 0 Å². The molecule has 16 heteroatoms. The average molecular weight is 749 g/mol. The first-order valence-corrected chi connectivity index (χ1v) is 17.7. The van der Waals surface area contributed by atoms with Crippen molar-refractivity contribution in [1.29, 1.82) is 0 Å². The van der Waals surface area contributed by atoms with Crippen molar-refractivity contribution in [3.8, 4) is 0 Å². The summed E-state index contributed by atoms with van der Waals surface area (Å²) in [6.45, 7) is 21.2. The minimum absolute atomic E-state index is 0.00192. The molecular weight excluding hydrogens is 680 g/mol. The molecule has 304 valence electrons. The molecule has 1 amide bonds. The van der Waals surface area contributed by atoms with Gasteiger partial charge < -0.3 is 38.8 Å². The molecular formula is C36H68N4O12. The highest BCUT2D eigenvalue weighted by atomic mass is 16.6. The predicted octanol–water partition coefficient (Wildman–Crippen LogP) is 1.40. The van der Waals surface area contributed by atoms with Crippen molar-refractivity contribution < 1.29 is 57.5 Å². The summed E-state index contributed by atoms with van der Waals surface area (Å²) in [7, 11) is 1.54. The lowest BCUT2D eigenvalue weighted by Crippen LogP contribution is -2.48. The van der Waals surface area contributed by atoms with E-state index in [0.29, 0.717) is 13.2 Å². The van der Waals surface area contributed by atoms with E-state index in [2.05, 4.69) is 5.32 Å². The first-order chi connectivity index (χ1) is 23.7. The molecule has 0 aromatic heterocycles. The van der Waals surface area contributed by atoms with Crippen LogP contribution in [0.5, 0.6) is 0 Å². The summed E-state index contributed by atoms with van der Waals surface area (Å²) in [5.74, 6) is -2.57. The summed E-state index contributed by atoms with van der Waals surface area (Å²) in [6.07, 6.45) is -0.953. The Morgan fingerprint density at radius 3 is 1.17 bits per heavy atom. The van der Waals surface area contributed by atoms with Crippen LogP contribution >= 0.6 is 0 Å². The van der Waals surface area contributed by atoms with Gasteiger partial charge in [0.05, 0.1) is 58.6 Å². The van der Waals surface area contributed by atoms with E-state index in [4.69, 9.17) is 28.4 Å². The number of methoxy groups -OCH3 is 1. The lowest BCUT2D eigenvalue weighted by Gasteiger charge is -2.30. The smallest absolute Gasteiger partial charge is 0.320 e. The Morgan fingerprint density at radius 2 is 0.865 bits per heavy atom. The molecule has 0 aliphatic heterocycles. The quantitative estimate of drug-likeness (QED) is 0.0869. The van der Waals surface area contributed by atoms with E-state index >= 15 is 0 Å². The number of nitrogens with one attached hydrogen (secondary N) is 1. The van der Waals surface area contributed by atoms with Crippen LogP contribution in [0.2, 0.25) is 0 Å². The predicted molar refractivity (Wildman–Crippen MR) is 194 cm³/mol. The van der Waals surface area contributed by atoms with E-state index in [-0.39, 0.29) is 72.1 Å². The van der Waals surface area contributed by atoms with Gasteiger partial charge in [0.1, 0.15) is 22.4 Å². The highest BCUT2D eigenvalue weighted by Crippen LogP contribution is 2.12. The van der Waals surface area contributed by atoms with E-state index in [1.165, 1.54) is 7.11 Å². The molecule has 0 saturated carbocycles. The summed E-state index contributed by atoms with van der Waals surface area (Å²) >= 11 is 0. The molecule has 16 nitrogen and oxygen atoms in total. The number of hydrogen-bond donors (Lipinski definition) is 2. The highest BCUT2D eigenvalue weighted by Gasteiger charge is 2.27. The van der Waals surface area contributed by atoms with Crippen LogP contribution in [-0.4, -0.2) is 170 Å². The van der Waals surface area contributed by atoms with Crippen LogP contribution in [0, 0.1) is 0 Å². The number of amides is 1. The zero-order valence-electron chi connectivity index (χ0n) is 34.0. The van der Waals surface area contributed by atoms with Crippen LogP contribution in [-0.2, 0) is 52.4 Å². The maximum Gasteiger partial charge on any atom is 0.320 e. The molecule has 0 heterocycles. The molecule has 0 aromatic carbocycles. The van der Waals surface area contributed by atoms with Crippen LogP contribution in [0.1, 0.15) is 83.1 Å². The molecule has 0 aliphatic rings. The number of aliphatic hydroxyl groups is 1. The van der Waals surface area contributed by atoms with Gasteiger partial charge >= 0.3 is 23.9 Å². The largest absolute Gasteiger partial charge is 0.459 e. The molecule has 1 unspecified atom stereocenters. The van der Waals surface area contributed by atoms with Crippen LogP contribution in [0.4, 0.5) is 0 Å². The minimum Gasteiger partial charge on any atom is -0.459 e. The summed E-state index contributed by atoms with van der Waals surface area (Å²) in [5, 5.41) is 13.0. The van der Waals surface area contributed by atoms with Gasteiger partial charge in [0, 0.05) is 39.8 Å². The van der Waals surface area contributed by atoms with Gasteiger partial charge in [-0.2, -0.15) is 0 Å². The number of esters is 4. The summed E-state index contributed by atoms with van der Waals surface area (Å²) in [4.78, 5) is 69.3. The van der Waals surface area contributed by atoms with Crippen LogP contribution < -0.4 is 5.32 Å². The molecule has 0 aromatic rings. The first-order valence-electron chi connectivity index (χ1n) is 17.7. The van der Waals surface area contributed by atoms with Crippen molar-refractivity contribution in [1.82, 2.24) is 20.0 Å². The van der Waals surface area contributed by atoms with Crippen molar-refractivity contribution in [2.24, 2.45) is 0 Å². The second-order valence-electron chi connectivity index (χ2n) is 16.6. The molecule has 0 bridgehead atoms. The highest BCUT2D eigenvalue weighted by molar-refractivity contribution is 5.78. The Bertz CT molecular complexity index is 979. The second kappa shape index (κ2) is 23.0. The average Bonchev–Trinajstić information content (AvgIpc) is 2.91. The standard InChI is InChI=1S/C36H68N4O12/c1-33(2,3)49-29(43)22-39(23-30(44)50-34(4,5)6)16-14-38(21-28(42)37-20-27(41)26-48-19-18-47-13)15-17-40(24-31(45)51-35(7,8)9)25-32(46)52-36(10,11)12/h27,41H,14-26H2,1-13H3,(H,37,42). The lowest BCUT2D eigenvalue weighted by molar-refractivity contribution is -0.162. The Balaban J connectivity index is 6.10. The summed E-state index contributed by atoms with van der Waals surface area (Å²) in [6, 6.07) is 0.